The highest BCUT2D eigenvalue weighted by Gasteiger charge is 2.43. The number of nitrogens with one attached hydrogen (secondary N) is 1. The molecule has 1 aliphatic carbocycles. The standard InChI is InChI=1S/C18H26N2O/c1-3-16-18(21)20(13(2)14-9-7-8-10-14)17(19-16)15-11-5-4-6-12-15/h4-6,11-14,16-17,19H,3,7-10H2,1-2H3. The largest absolute Gasteiger partial charge is 0.319 e. The smallest absolute Gasteiger partial charge is 0.241 e. The number of hydrogen-bond donors (Lipinski definition) is 1. The number of hydrogen-bond acceptors (Lipinski definition) is 2. The average molecular weight is 286 g/mol. The Balaban J connectivity index is 1.87. The van der Waals surface area contributed by atoms with Crippen molar-refractivity contribution in [1.29, 1.82) is 0 Å². The van der Waals surface area contributed by atoms with E-state index in [-0.39, 0.29) is 18.1 Å². The molecule has 1 amide bonds. The zero-order valence-electron chi connectivity index (χ0n) is 13.1. The molecule has 1 heterocycles. The Bertz CT molecular complexity index is 481. The fourth-order valence-electron chi connectivity index (χ4n) is 3.94. The third kappa shape index (κ3) is 2.71. The van der Waals surface area contributed by atoms with Gasteiger partial charge in [-0.3, -0.25) is 10.1 Å². The third-order valence-corrected chi connectivity index (χ3v) is 5.23. The lowest BCUT2D eigenvalue weighted by Gasteiger charge is -2.34. The molecule has 3 heteroatoms. The maximum absolute atomic E-state index is 12.8. The van der Waals surface area contributed by atoms with Gasteiger partial charge in [0.25, 0.3) is 0 Å². The van der Waals surface area contributed by atoms with E-state index in [4.69, 9.17) is 0 Å². The molecule has 114 valence electrons. The van der Waals surface area contributed by atoms with Gasteiger partial charge in [0, 0.05) is 6.04 Å². The molecule has 1 aromatic rings. The van der Waals surface area contributed by atoms with Gasteiger partial charge in [-0.1, -0.05) is 50.1 Å². The molecule has 1 aromatic carbocycles. The summed E-state index contributed by atoms with van der Waals surface area (Å²) in [5.41, 5.74) is 1.20. The zero-order valence-corrected chi connectivity index (χ0v) is 13.1. The molecular formula is C18H26N2O. The van der Waals surface area contributed by atoms with Gasteiger partial charge < -0.3 is 4.90 Å². The van der Waals surface area contributed by atoms with E-state index < -0.39 is 0 Å². The summed E-state index contributed by atoms with van der Waals surface area (Å²) in [7, 11) is 0. The van der Waals surface area contributed by atoms with Gasteiger partial charge in [-0.2, -0.15) is 0 Å². The molecule has 0 radical (unpaired) electrons. The topological polar surface area (TPSA) is 32.3 Å². The second-order valence-electron chi connectivity index (χ2n) is 6.47. The molecule has 1 saturated heterocycles. The lowest BCUT2D eigenvalue weighted by atomic mass is 9.97. The van der Waals surface area contributed by atoms with Gasteiger partial charge in [0.1, 0.15) is 6.17 Å². The van der Waals surface area contributed by atoms with Crippen molar-refractivity contribution in [3.63, 3.8) is 0 Å². The van der Waals surface area contributed by atoms with Crippen LogP contribution in [0.15, 0.2) is 30.3 Å². The van der Waals surface area contributed by atoms with Crippen molar-refractivity contribution in [2.45, 2.75) is 64.2 Å². The molecule has 3 atom stereocenters. The van der Waals surface area contributed by atoms with Crippen molar-refractivity contribution in [1.82, 2.24) is 10.2 Å². The van der Waals surface area contributed by atoms with Crippen LogP contribution in [-0.2, 0) is 4.79 Å². The average Bonchev–Trinajstić information content (AvgIpc) is 3.15. The molecule has 2 fully saturated rings. The van der Waals surface area contributed by atoms with Gasteiger partial charge >= 0.3 is 0 Å². The third-order valence-electron chi connectivity index (χ3n) is 5.23. The quantitative estimate of drug-likeness (QED) is 0.919. The Labute approximate surface area is 127 Å². The van der Waals surface area contributed by atoms with E-state index in [9.17, 15) is 4.79 Å². The highest BCUT2D eigenvalue weighted by Crippen LogP contribution is 2.36. The first-order valence-electron chi connectivity index (χ1n) is 8.35. The van der Waals surface area contributed by atoms with E-state index >= 15 is 0 Å². The maximum atomic E-state index is 12.8. The summed E-state index contributed by atoms with van der Waals surface area (Å²) in [6.07, 6.45) is 6.07. The molecule has 0 bridgehead atoms. The Morgan fingerprint density at radius 3 is 2.52 bits per heavy atom. The van der Waals surface area contributed by atoms with E-state index in [0.29, 0.717) is 12.0 Å². The number of nitrogens with zero attached hydrogens (tertiary/aromatic N) is 1. The van der Waals surface area contributed by atoms with Crippen LogP contribution in [0.2, 0.25) is 0 Å². The first kappa shape index (κ1) is 14.6. The molecule has 0 aromatic heterocycles. The van der Waals surface area contributed by atoms with Gasteiger partial charge in [0.05, 0.1) is 6.04 Å². The zero-order chi connectivity index (χ0) is 14.8. The highest BCUT2D eigenvalue weighted by atomic mass is 16.2. The molecule has 3 rings (SSSR count). The Hall–Kier alpha value is -1.35. The fourth-order valence-corrected chi connectivity index (χ4v) is 3.94. The van der Waals surface area contributed by atoms with E-state index in [2.05, 4.69) is 48.3 Å². The summed E-state index contributed by atoms with van der Waals surface area (Å²) < 4.78 is 0. The van der Waals surface area contributed by atoms with Crippen molar-refractivity contribution >= 4 is 5.91 Å². The summed E-state index contributed by atoms with van der Waals surface area (Å²) >= 11 is 0. The number of carbonyl (C=O) groups excluding carboxylic acids is 1. The maximum Gasteiger partial charge on any atom is 0.241 e. The van der Waals surface area contributed by atoms with Gasteiger partial charge in [-0.05, 0) is 37.7 Å². The van der Waals surface area contributed by atoms with Crippen molar-refractivity contribution in [3.8, 4) is 0 Å². The number of rotatable bonds is 4. The second kappa shape index (κ2) is 6.18. The minimum atomic E-state index is -0.0286. The molecule has 1 aliphatic heterocycles. The van der Waals surface area contributed by atoms with Crippen LogP contribution in [0, 0.1) is 5.92 Å². The first-order valence-corrected chi connectivity index (χ1v) is 8.35. The lowest BCUT2D eigenvalue weighted by Crippen LogP contribution is -2.42. The van der Waals surface area contributed by atoms with Gasteiger partial charge in [-0.25, -0.2) is 0 Å². The van der Waals surface area contributed by atoms with Crippen LogP contribution in [0.5, 0.6) is 0 Å². The van der Waals surface area contributed by atoms with Crippen LogP contribution >= 0.6 is 0 Å². The van der Waals surface area contributed by atoms with Crippen LogP contribution in [-0.4, -0.2) is 22.9 Å². The SMILES string of the molecule is CCC1NC(c2ccccc2)N(C(C)C2CCCC2)C1=O. The Kier molecular flexibility index (Phi) is 4.29. The molecule has 3 nitrogen and oxygen atoms in total. The predicted octanol–water partition coefficient (Wildman–Crippen LogP) is 3.47. The van der Waals surface area contributed by atoms with Crippen LogP contribution in [0.1, 0.15) is 57.7 Å². The monoisotopic (exact) mass is 286 g/mol. The van der Waals surface area contributed by atoms with Crippen molar-refractivity contribution in [2.75, 3.05) is 0 Å². The second-order valence-corrected chi connectivity index (χ2v) is 6.47. The van der Waals surface area contributed by atoms with E-state index in [1.165, 1.54) is 31.2 Å². The highest BCUT2D eigenvalue weighted by molar-refractivity contribution is 5.84. The van der Waals surface area contributed by atoms with Crippen LogP contribution in [0.4, 0.5) is 0 Å². The van der Waals surface area contributed by atoms with Crippen LogP contribution < -0.4 is 5.32 Å². The summed E-state index contributed by atoms with van der Waals surface area (Å²) in [5, 5.41) is 3.54. The number of carbonyl (C=O) groups is 1. The Morgan fingerprint density at radius 2 is 1.90 bits per heavy atom. The molecule has 1 N–H and O–H groups in total. The number of amides is 1. The van der Waals surface area contributed by atoms with Crippen molar-refractivity contribution < 1.29 is 4.79 Å². The van der Waals surface area contributed by atoms with Gasteiger partial charge in [-0.15, -0.1) is 0 Å². The molecule has 21 heavy (non-hydrogen) atoms. The first-order chi connectivity index (χ1) is 10.2. The van der Waals surface area contributed by atoms with Gasteiger partial charge in [0.2, 0.25) is 5.91 Å². The van der Waals surface area contributed by atoms with Crippen molar-refractivity contribution in [3.05, 3.63) is 35.9 Å². The lowest BCUT2D eigenvalue weighted by molar-refractivity contribution is -0.133. The van der Waals surface area contributed by atoms with Crippen LogP contribution in [0.3, 0.4) is 0 Å². The summed E-state index contributed by atoms with van der Waals surface area (Å²) in [6, 6.07) is 10.7. The van der Waals surface area contributed by atoms with Crippen LogP contribution in [0.25, 0.3) is 0 Å². The minimum Gasteiger partial charge on any atom is -0.319 e. The molecule has 2 aliphatic rings. The van der Waals surface area contributed by atoms with Crippen molar-refractivity contribution in [2.24, 2.45) is 5.92 Å². The molecule has 0 spiro atoms. The minimum absolute atomic E-state index is 0.0286. The fraction of sp³-hybridized carbons (Fsp3) is 0.611. The molecule has 3 unspecified atom stereocenters. The normalized spacial score (nSPS) is 28.3. The molecule has 1 saturated carbocycles. The Morgan fingerprint density at radius 1 is 1.24 bits per heavy atom. The predicted molar refractivity (Wildman–Crippen MR) is 84.7 cm³/mol. The summed E-state index contributed by atoms with van der Waals surface area (Å²) in [4.78, 5) is 14.9. The van der Waals surface area contributed by atoms with E-state index in [0.717, 1.165) is 6.42 Å². The van der Waals surface area contributed by atoms with E-state index in [1.807, 2.05) is 6.07 Å². The number of benzene rings is 1. The van der Waals surface area contributed by atoms with E-state index in [1.54, 1.807) is 0 Å². The summed E-state index contributed by atoms with van der Waals surface area (Å²) in [6.45, 7) is 4.32. The molecular weight excluding hydrogens is 260 g/mol. The summed E-state index contributed by atoms with van der Waals surface area (Å²) in [5.74, 6) is 0.948. The van der Waals surface area contributed by atoms with Gasteiger partial charge in [0.15, 0.2) is 0 Å².